The van der Waals surface area contributed by atoms with Crippen LogP contribution >= 0.6 is 12.2 Å². The number of nitrogens with zero attached hydrogens (tertiary/aromatic N) is 1. The van der Waals surface area contributed by atoms with Gasteiger partial charge in [0.15, 0.2) is 0 Å². The molecule has 1 unspecified atom stereocenters. The van der Waals surface area contributed by atoms with Gasteiger partial charge >= 0.3 is 0 Å². The highest BCUT2D eigenvalue weighted by molar-refractivity contribution is 7.80. The highest BCUT2D eigenvalue weighted by Crippen LogP contribution is 2.31. The van der Waals surface area contributed by atoms with E-state index in [0.717, 1.165) is 39.1 Å². The quantitative estimate of drug-likeness (QED) is 0.780. The molecule has 2 fully saturated rings. The van der Waals surface area contributed by atoms with E-state index in [0.29, 0.717) is 11.1 Å². The van der Waals surface area contributed by atoms with E-state index in [-0.39, 0.29) is 5.41 Å². The summed E-state index contributed by atoms with van der Waals surface area (Å²) in [6.45, 7) is 6.58. The number of likely N-dealkylation sites (tertiary alicyclic amines) is 1. The van der Waals surface area contributed by atoms with Crippen molar-refractivity contribution < 1.29 is 4.74 Å². The molecule has 2 rings (SSSR count). The summed E-state index contributed by atoms with van der Waals surface area (Å²) in [4.78, 5) is 3.22. The Bertz CT molecular complexity index is 269. The molecule has 2 aliphatic heterocycles. The molecule has 17 heavy (non-hydrogen) atoms. The van der Waals surface area contributed by atoms with Crippen molar-refractivity contribution in [3.8, 4) is 0 Å². The molecule has 0 spiro atoms. The van der Waals surface area contributed by atoms with Crippen molar-refractivity contribution in [2.45, 2.75) is 45.1 Å². The lowest BCUT2D eigenvalue weighted by molar-refractivity contribution is 0.0825. The number of rotatable bonds is 4. The smallest absolute Gasteiger partial charge is 0.0788 e. The van der Waals surface area contributed by atoms with Gasteiger partial charge in [-0.25, -0.2) is 0 Å². The first-order valence-corrected chi connectivity index (χ1v) is 7.15. The molecular weight excluding hydrogens is 232 g/mol. The molecule has 0 saturated carbocycles. The minimum Gasteiger partial charge on any atom is -0.393 e. The predicted octanol–water partition coefficient (Wildman–Crippen LogP) is 1.94. The lowest BCUT2D eigenvalue weighted by atomic mass is 9.80. The summed E-state index contributed by atoms with van der Waals surface area (Å²) in [6.07, 6.45) is 6.40. The maximum atomic E-state index is 5.81. The van der Waals surface area contributed by atoms with Crippen LogP contribution < -0.4 is 5.73 Å². The van der Waals surface area contributed by atoms with Crippen LogP contribution in [0.2, 0.25) is 0 Å². The standard InChI is InChI=1S/C13H24N2OS/c1-13(12(14)17)5-8-15(9-6-13)7-4-11-3-2-10-16-11/h11H,2-10H2,1H3,(H2,14,17). The zero-order valence-corrected chi connectivity index (χ0v) is 11.6. The van der Waals surface area contributed by atoms with Crippen molar-refractivity contribution in [3.05, 3.63) is 0 Å². The number of piperidine rings is 1. The lowest BCUT2D eigenvalue weighted by Gasteiger charge is -2.38. The molecule has 0 aliphatic carbocycles. The topological polar surface area (TPSA) is 38.5 Å². The van der Waals surface area contributed by atoms with Gasteiger partial charge in [0.2, 0.25) is 0 Å². The van der Waals surface area contributed by atoms with E-state index in [1.54, 1.807) is 0 Å². The third-order valence-corrected chi connectivity index (χ3v) is 4.84. The second-order valence-electron chi connectivity index (χ2n) is 5.69. The normalized spacial score (nSPS) is 29.4. The van der Waals surface area contributed by atoms with Gasteiger partial charge in [-0.3, -0.25) is 0 Å². The molecule has 2 aliphatic rings. The fourth-order valence-electron chi connectivity index (χ4n) is 2.72. The number of nitrogens with two attached hydrogens (primary N) is 1. The van der Waals surface area contributed by atoms with Gasteiger partial charge in [-0.1, -0.05) is 19.1 Å². The summed E-state index contributed by atoms with van der Waals surface area (Å²) >= 11 is 5.16. The van der Waals surface area contributed by atoms with Crippen LogP contribution in [0.1, 0.15) is 39.0 Å². The Labute approximate surface area is 110 Å². The fourth-order valence-corrected chi connectivity index (χ4v) is 2.92. The van der Waals surface area contributed by atoms with Gasteiger partial charge < -0.3 is 15.4 Å². The molecule has 0 radical (unpaired) electrons. The third kappa shape index (κ3) is 3.39. The second-order valence-corrected chi connectivity index (χ2v) is 6.13. The van der Waals surface area contributed by atoms with Crippen LogP contribution in [0.15, 0.2) is 0 Å². The monoisotopic (exact) mass is 256 g/mol. The Morgan fingerprint density at radius 2 is 2.18 bits per heavy atom. The van der Waals surface area contributed by atoms with Crippen molar-refractivity contribution in [1.29, 1.82) is 0 Å². The summed E-state index contributed by atoms with van der Waals surface area (Å²) in [7, 11) is 0. The minimum atomic E-state index is 0.0929. The SMILES string of the molecule is CC1(C(N)=S)CCN(CCC2CCCO2)CC1. The first-order valence-electron chi connectivity index (χ1n) is 6.74. The van der Waals surface area contributed by atoms with Crippen molar-refractivity contribution >= 4 is 17.2 Å². The fraction of sp³-hybridized carbons (Fsp3) is 0.923. The largest absolute Gasteiger partial charge is 0.393 e. The van der Waals surface area contributed by atoms with Crippen molar-refractivity contribution in [1.82, 2.24) is 4.90 Å². The summed E-state index contributed by atoms with van der Waals surface area (Å²) in [5.41, 5.74) is 5.91. The number of ether oxygens (including phenoxy) is 1. The summed E-state index contributed by atoms with van der Waals surface area (Å²) in [6, 6.07) is 0. The van der Waals surface area contributed by atoms with Crippen LogP contribution in [0.3, 0.4) is 0 Å². The lowest BCUT2D eigenvalue weighted by Crippen LogP contribution is -2.45. The average Bonchev–Trinajstić information content (AvgIpc) is 2.81. The van der Waals surface area contributed by atoms with Crippen LogP contribution in [0, 0.1) is 5.41 Å². The van der Waals surface area contributed by atoms with Crippen LogP contribution in [-0.4, -0.2) is 42.2 Å². The van der Waals surface area contributed by atoms with Crippen LogP contribution in [-0.2, 0) is 4.74 Å². The minimum absolute atomic E-state index is 0.0929. The molecule has 1 atom stereocenters. The van der Waals surface area contributed by atoms with Gasteiger partial charge in [-0.05, 0) is 45.2 Å². The van der Waals surface area contributed by atoms with Crippen LogP contribution in [0.5, 0.6) is 0 Å². The van der Waals surface area contributed by atoms with Gasteiger partial charge in [0.1, 0.15) is 0 Å². The average molecular weight is 256 g/mol. The molecule has 0 amide bonds. The molecule has 2 heterocycles. The molecule has 2 N–H and O–H groups in total. The summed E-state index contributed by atoms with van der Waals surface area (Å²) in [5, 5.41) is 0. The molecule has 3 nitrogen and oxygen atoms in total. The Balaban J connectivity index is 1.70. The van der Waals surface area contributed by atoms with Crippen LogP contribution in [0.4, 0.5) is 0 Å². The van der Waals surface area contributed by atoms with E-state index in [9.17, 15) is 0 Å². The molecule has 0 aromatic heterocycles. The van der Waals surface area contributed by atoms with E-state index in [1.807, 2.05) is 0 Å². The highest BCUT2D eigenvalue weighted by Gasteiger charge is 2.32. The van der Waals surface area contributed by atoms with Gasteiger partial charge in [0, 0.05) is 18.6 Å². The first-order chi connectivity index (χ1) is 8.10. The molecule has 0 aromatic carbocycles. The van der Waals surface area contributed by atoms with E-state index in [4.69, 9.17) is 22.7 Å². The van der Waals surface area contributed by atoms with Crippen molar-refractivity contribution in [2.75, 3.05) is 26.2 Å². The Kier molecular flexibility index (Phi) is 4.39. The predicted molar refractivity (Wildman–Crippen MR) is 74.2 cm³/mol. The van der Waals surface area contributed by atoms with Crippen molar-refractivity contribution in [2.24, 2.45) is 11.1 Å². The number of hydrogen-bond donors (Lipinski definition) is 1. The van der Waals surface area contributed by atoms with E-state index in [2.05, 4.69) is 11.8 Å². The van der Waals surface area contributed by atoms with Crippen molar-refractivity contribution in [3.63, 3.8) is 0 Å². The summed E-state index contributed by atoms with van der Waals surface area (Å²) in [5.74, 6) is 0. The van der Waals surface area contributed by atoms with E-state index in [1.165, 1.54) is 19.3 Å². The van der Waals surface area contributed by atoms with Gasteiger partial charge in [0.05, 0.1) is 11.1 Å². The Hall–Kier alpha value is -0.190. The second kappa shape index (κ2) is 5.63. The molecule has 4 heteroatoms. The first kappa shape index (κ1) is 13.2. The molecule has 98 valence electrons. The van der Waals surface area contributed by atoms with E-state index < -0.39 is 0 Å². The Morgan fingerprint density at radius 3 is 2.71 bits per heavy atom. The number of hydrogen-bond acceptors (Lipinski definition) is 3. The zero-order chi connectivity index (χ0) is 12.3. The maximum absolute atomic E-state index is 5.81. The zero-order valence-electron chi connectivity index (χ0n) is 10.8. The Morgan fingerprint density at radius 1 is 1.47 bits per heavy atom. The molecule has 0 aromatic rings. The third-order valence-electron chi connectivity index (χ3n) is 4.35. The van der Waals surface area contributed by atoms with Gasteiger partial charge in [-0.2, -0.15) is 0 Å². The summed E-state index contributed by atoms with van der Waals surface area (Å²) < 4.78 is 5.66. The number of thiocarbonyl (C=S) groups is 1. The molecule has 0 bridgehead atoms. The molecular formula is C13H24N2OS. The van der Waals surface area contributed by atoms with Gasteiger partial charge in [-0.15, -0.1) is 0 Å². The maximum Gasteiger partial charge on any atom is 0.0788 e. The highest BCUT2D eigenvalue weighted by atomic mass is 32.1. The van der Waals surface area contributed by atoms with Gasteiger partial charge in [0.25, 0.3) is 0 Å². The van der Waals surface area contributed by atoms with Crippen LogP contribution in [0.25, 0.3) is 0 Å². The molecule has 2 saturated heterocycles. The van der Waals surface area contributed by atoms with E-state index >= 15 is 0 Å².